The lowest BCUT2D eigenvalue weighted by Gasteiger charge is -2.31. The van der Waals surface area contributed by atoms with Crippen molar-refractivity contribution in [1.29, 1.82) is 0 Å². The van der Waals surface area contributed by atoms with Crippen molar-refractivity contribution in [2.45, 2.75) is 13.0 Å². The SMILES string of the molecule is CC(CN1CCS(=O)CC1)C(N)c1ccccc1. The van der Waals surface area contributed by atoms with Crippen LogP contribution in [0.15, 0.2) is 30.3 Å². The molecular weight excluding hydrogens is 244 g/mol. The maximum Gasteiger partial charge on any atom is 0.0363 e. The quantitative estimate of drug-likeness (QED) is 0.896. The molecular formula is C14H22N2OS. The molecule has 18 heavy (non-hydrogen) atoms. The van der Waals surface area contributed by atoms with Crippen molar-refractivity contribution in [2.75, 3.05) is 31.1 Å². The van der Waals surface area contributed by atoms with Gasteiger partial charge in [-0.05, 0) is 11.5 Å². The van der Waals surface area contributed by atoms with E-state index >= 15 is 0 Å². The van der Waals surface area contributed by atoms with E-state index in [0.29, 0.717) is 5.92 Å². The topological polar surface area (TPSA) is 46.3 Å². The fourth-order valence-electron chi connectivity index (χ4n) is 2.38. The van der Waals surface area contributed by atoms with Gasteiger partial charge >= 0.3 is 0 Å². The van der Waals surface area contributed by atoms with Gasteiger partial charge < -0.3 is 10.6 Å². The maximum atomic E-state index is 11.3. The predicted molar refractivity (Wildman–Crippen MR) is 76.9 cm³/mol. The summed E-state index contributed by atoms with van der Waals surface area (Å²) in [7, 11) is -0.595. The molecule has 1 heterocycles. The van der Waals surface area contributed by atoms with E-state index in [-0.39, 0.29) is 6.04 Å². The molecule has 0 spiro atoms. The number of rotatable bonds is 4. The molecule has 0 aliphatic carbocycles. The molecule has 1 aliphatic heterocycles. The lowest BCUT2D eigenvalue weighted by molar-refractivity contribution is 0.240. The molecule has 1 saturated heterocycles. The molecule has 2 rings (SSSR count). The van der Waals surface area contributed by atoms with Crippen molar-refractivity contribution < 1.29 is 4.21 Å². The Kier molecular flexibility index (Phi) is 4.92. The highest BCUT2D eigenvalue weighted by molar-refractivity contribution is 7.85. The first-order valence-corrected chi connectivity index (χ1v) is 8.03. The standard InChI is InChI=1S/C14H22N2OS/c1-12(11-16-7-9-18(17)10-8-16)14(15)13-5-3-2-4-6-13/h2-6,12,14H,7-11,15H2,1H3. The van der Waals surface area contributed by atoms with Crippen LogP contribution in [0.25, 0.3) is 0 Å². The fourth-order valence-corrected chi connectivity index (χ4v) is 3.51. The number of nitrogens with zero attached hydrogens (tertiary/aromatic N) is 1. The number of benzene rings is 1. The Balaban J connectivity index is 1.88. The molecule has 100 valence electrons. The minimum Gasteiger partial charge on any atom is -0.324 e. The molecule has 1 aliphatic rings. The van der Waals surface area contributed by atoms with Crippen LogP contribution >= 0.6 is 0 Å². The Morgan fingerprint density at radius 2 is 1.89 bits per heavy atom. The van der Waals surface area contributed by atoms with Gasteiger partial charge in [-0.2, -0.15) is 0 Å². The first-order valence-electron chi connectivity index (χ1n) is 6.54. The molecule has 1 aromatic rings. The van der Waals surface area contributed by atoms with Crippen LogP contribution in [0.3, 0.4) is 0 Å². The smallest absolute Gasteiger partial charge is 0.0363 e. The van der Waals surface area contributed by atoms with Gasteiger partial charge in [0.1, 0.15) is 0 Å². The Bertz CT molecular complexity index is 386. The molecule has 1 aromatic carbocycles. The zero-order valence-electron chi connectivity index (χ0n) is 10.9. The summed E-state index contributed by atoms with van der Waals surface area (Å²) in [5, 5.41) is 0. The van der Waals surface area contributed by atoms with Gasteiger partial charge in [-0.15, -0.1) is 0 Å². The van der Waals surface area contributed by atoms with E-state index in [9.17, 15) is 4.21 Å². The summed E-state index contributed by atoms with van der Waals surface area (Å²) in [5.41, 5.74) is 7.50. The van der Waals surface area contributed by atoms with Crippen molar-refractivity contribution in [2.24, 2.45) is 11.7 Å². The highest BCUT2D eigenvalue weighted by Crippen LogP contribution is 2.20. The number of hydrogen-bond acceptors (Lipinski definition) is 3. The van der Waals surface area contributed by atoms with Crippen LogP contribution in [-0.4, -0.2) is 40.2 Å². The third kappa shape index (κ3) is 3.64. The van der Waals surface area contributed by atoms with Crippen molar-refractivity contribution in [1.82, 2.24) is 4.90 Å². The van der Waals surface area contributed by atoms with Gasteiger partial charge in [-0.1, -0.05) is 37.3 Å². The van der Waals surface area contributed by atoms with E-state index in [2.05, 4.69) is 24.0 Å². The van der Waals surface area contributed by atoms with Crippen LogP contribution in [-0.2, 0) is 10.8 Å². The number of hydrogen-bond donors (Lipinski definition) is 1. The Morgan fingerprint density at radius 1 is 1.28 bits per heavy atom. The Labute approximate surface area is 112 Å². The minimum absolute atomic E-state index is 0.0821. The molecule has 2 unspecified atom stereocenters. The van der Waals surface area contributed by atoms with E-state index < -0.39 is 10.8 Å². The molecule has 3 nitrogen and oxygen atoms in total. The molecule has 0 saturated carbocycles. The Hall–Kier alpha value is -0.710. The van der Waals surface area contributed by atoms with E-state index in [1.54, 1.807) is 0 Å². The van der Waals surface area contributed by atoms with E-state index in [1.807, 2.05) is 18.2 Å². The van der Waals surface area contributed by atoms with Gasteiger partial charge in [-0.25, -0.2) is 0 Å². The van der Waals surface area contributed by atoms with Crippen molar-refractivity contribution in [3.8, 4) is 0 Å². The van der Waals surface area contributed by atoms with Gasteiger partial charge in [0.15, 0.2) is 0 Å². The fraction of sp³-hybridized carbons (Fsp3) is 0.571. The summed E-state index contributed by atoms with van der Waals surface area (Å²) in [6, 6.07) is 10.3. The van der Waals surface area contributed by atoms with Crippen LogP contribution in [0.2, 0.25) is 0 Å². The second-order valence-electron chi connectivity index (χ2n) is 5.06. The average molecular weight is 266 g/mol. The van der Waals surface area contributed by atoms with Crippen LogP contribution < -0.4 is 5.73 Å². The van der Waals surface area contributed by atoms with Crippen molar-refractivity contribution in [3.63, 3.8) is 0 Å². The van der Waals surface area contributed by atoms with Crippen LogP contribution in [0.5, 0.6) is 0 Å². The van der Waals surface area contributed by atoms with Crippen molar-refractivity contribution >= 4 is 10.8 Å². The van der Waals surface area contributed by atoms with Crippen LogP contribution in [0.1, 0.15) is 18.5 Å². The lowest BCUT2D eigenvalue weighted by atomic mass is 9.95. The third-order valence-corrected chi connectivity index (χ3v) is 4.89. The largest absolute Gasteiger partial charge is 0.324 e. The van der Waals surface area contributed by atoms with Gasteiger partial charge in [0.05, 0.1) is 0 Å². The molecule has 0 bridgehead atoms. The summed E-state index contributed by atoms with van der Waals surface area (Å²) in [5.74, 6) is 2.04. The average Bonchev–Trinajstić information content (AvgIpc) is 2.41. The molecule has 0 aromatic heterocycles. The number of nitrogens with two attached hydrogens (primary N) is 1. The van der Waals surface area contributed by atoms with Crippen molar-refractivity contribution in [3.05, 3.63) is 35.9 Å². The van der Waals surface area contributed by atoms with E-state index in [4.69, 9.17) is 5.73 Å². The molecule has 1 fully saturated rings. The summed E-state index contributed by atoms with van der Waals surface area (Å²) >= 11 is 0. The lowest BCUT2D eigenvalue weighted by Crippen LogP contribution is -2.41. The molecule has 4 heteroatoms. The molecule has 2 N–H and O–H groups in total. The second-order valence-corrected chi connectivity index (χ2v) is 6.76. The molecule has 0 radical (unpaired) electrons. The highest BCUT2D eigenvalue weighted by Gasteiger charge is 2.21. The maximum absolute atomic E-state index is 11.3. The normalized spacial score (nSPS) is 21.7. The minimum atomic E-state index is -0.595. The second kappa shape index (κ2) is 6.45. The zero-order valence-corrected chi connectivity index (χ0v) is 11.7. The van der Waals surface area contributed by atoms with Gasteiger partial charge in [0.25, 0.3) is 0 Å². The van der Waals surface area contributed by atoms with Gasteiger partial charge in [-0.3, -0.25) is 4.21 Å². The predicted octanol–water partition coefficient (Wildman–Crippen LogP) is 1.39. The first kappa shape index (κ1) is 13.7. The monoisotopic (exact) mass is 266 g/mol. The van der Waals surface area contributed by atoms with Gasteiger partial charge in [0, 0.05) is 48.0 Å². The summed E-state index contributed by atoms with van der Waals surface area (Å²) in [4.78, 5) is 2.38. The molecule has 2 atom stereocenters. The summed E-state index contributed by atoms with van der Waals surface area (Å²) < 4.78 is 11.3. The van der Waals surface area contributed by atoms with Gasteiger partial charge in [0.2, 0.25) is 0 Å². The summed E-state index contributed by atoms with van der Waals surface area (Å²) in [6.07, 6.45) is 0. The summed E-state index contributed by atoms with van der Waals surface area (Å²) in [6.45, 7) is 5.08. The molecule has 0 amide bonds. The van der Waals surface area contributed by atoms with E-state index in [1.165, 1.54) is 5.56 Å². The highest BCUT2D eigenvalue weighted by atomic mass is 32.2. The third-order valence-electron chi connectivity index (χ3n) is 3.61. The Morgan fingerprint density at radius 3 is 2.50 bits per heavy atom. The van der Waals surface area contributed by atoms with Crippen LogP contribution in [0, 0.1) is 5.92 Å². The van der Waals surface area contributed by atoms with E-state index in [0.717, 1.165) is 31.1 Å². The zero-order chi connectivity index (χ0) is 13.0. The first-order chi connectivity index (χ1) is 8.66. The van der Waals surface area contributed by atoms with Crippen LogP contribution in [0.4, 0.5) is 0 Å².